The van der Waals surface area contributed by atoms with Gasteiger partial charge in [-0.3, -0.25) is 9.59 Å². The molecule has 2 rings (SSSR count). The van der Waals surface area contributed by atoms with Crippen LogP contribution in [0, 0.1) is 0 Å². The minimum Gasteiger partial charge on any atom is -0.482 e. The standard InChI is InChI=1S/C10H10N2O4/c13-9-5-16-8-2-1-6(3-7(8)12-9)11-4-10(14)15/h1-3,11H,4-5H2,(H,12,13)(H,14,15). The van der Waals surface area contributed by atoms with Gasteiger partial charge in [0.05, 0.1) is 5.69 Å². The highest BCUT2D eigenvalue weighted by Gasteiger charge is 2.15. The highest BCUT2D eigenvalue weighted by Crippen LogP contribution is 2.30. The molecule has 1 aliphatic heterocycles. The van der Waals surface area contributed by atoms with E-state index in [4.69, 9.17) is 9.84 Å². The van der Waals surface area contributed by atoms with E-state index >= 15 is 0 Å². The van der Waals surface area contributed by atoms with Gasteiger partial charge in [-0.1, -0.05) is 0 Å². The van der Waals surface area contributed by atoms with Gasteiger partial charge in [-0.2, -0.15) is 0 Å². The first-order valence-electron chi connectivity index (χ1n) is 4.67. The normalized spacial score (nSPS) is 13.4. The van der Waals surface area contributed by atoms with Crippen LogP contribution in [0.2, 0.25) is 0 Å². The maximum absolute atomic E-state index is 11.1. The van der Waals surface area contributed by atoms with Crippen molar-refractivity contribution in [2.24, 2.45) is 0 Å². The largest absolute Gasteiger partial charge is 0.482 e. The van der Waals surface area contributed by atoms with Gasteiger partial charge in [0.1, 0.15) is 12.3 Å². The van der Waals surface area contributed by atoms with Crippen molar-refractivity contribution in [3.05, 3.63) is 18.2 Å². The molecule has 0 fully saturated rings. The first-order valence-corrected chi connectivity index (χ1v) is 4.67. The third kappa shape index (κ3) is 2.22. The van der Waals surface area contributed by atoms with Gasteiger partial charge in [0.15, 0.2) is 6.61 Å². The number of carboxylic acids is 1. The van der Waals surface area contributed by atoms with E-state index < -0.39 is 5.97 Å². The van der Waals surface area contributed by atoms with Gasteiger partial charge in [0.2, 0.25) is 0 Å². The van der Waals surface area contributed by atoms with Crippen LogP contribution in [-0.2, 0) is 9.59 Å². The number of hydrogen-bond acceptors (Lipinski definition) is 4. The van der Waals surface area contributed by atoms with E-state index in [0.29, 0.717) is 17.1 Å². The monoisotopic (exact) mass is 222 g/mol. The fourth-order valence-electron chi connectivity index (χ4n) is 1.37. The number of fused-ring (bicyclic) bond motifs is 1. The molecular formula is C10H10N2O4. The number of benzene rings is 1. The Balaban J connectivity index is 2.14. The Morgan fingerprint density at radius 3 is 3.12 bits per heavy atom. The van der Waals surface area contributed by atoms with Crippen LogP contribution in [0.3, 0.4) is 0 Å². The molecule has 0 radical (unpaired) electrons. The van der Waals surface area contributed by atoms with E-state index in [1.165, 1.54) is 0 Å². The molecule has 0 atom stereocenters. The molecule has 1 aromatic carbocycles. The molecule has 1 heterocycles. The number of amides is 1. The molecule has 1 amide bonds. The predicted molar refractivity (Wildman–Crippen MR) is 56.7 cm³/mol. The quantitative estimate of drug-likeness (QED) is 0.693. The molecule has 1 aromatic rings. The van der Waals surface area contributed by atoms with Crippen molar-refractivity contribution in [2.45, 2.75) is 0 Å². The highest BCUT2D eigenvalue weighted by molar-refractivity contribution is 5.96. The van der Waals surface area contributed by atoms with E-state index in [1.54, 1.807) is 18.2 Å². The smallest absolute Gasteiger partial charge is 0.322 e. The third-order valence-corrected chi connectivity index (χ3v) is 2.06. The minimum atomic E-state index is -0.946. The van der Waals surface area contributed by atoms with Gasteiger partial charge >= 0.3 is 5.97 Å². The summed E-state index contributed by atoms with van der Waals surface area (Å²) in [6, 6.07) is 5.01. The summed E-state index contributed by atoms with van der Waals surface area (Å²) in [7, 11) is 0. The molecule has 16 heavy (non-hydrogen) atoms. The number of aliphatic carboxylic acids is 1. The van der Waals surface area contributed by atoms with E-state index in [2.05, 4.69) is 10.6 Å². The van der Waals surface area contributed by atoms with Gasteiger partial charge in [0, 0.05) is 5.69 Å². The molecule has 0 spiro atoms. The summed E-state index contributed by atoms with van der Waals surface area (Å²) >= 11 is 0. The Bertz CT molecular complexity index is 444. The second kappa shape index (κ2) is 4.09. The number of nitrogens with one attached hydrogen (secondary N) is 2. The summed E-state index contributed by atoms with van der Waals surface area (Å²) in [5, 5.41) is 13.8. The molecular weight excluding hydrogens is 212 g/mol. The number of hydrogen-bond donors (Lipinski definition) is 3. The lowest BCUT2D eigenvalue weighted by molar-refractivity contribution is -0.135. The van der Waals surface area contributed by atoms with E-state index in [0.717, 1.165) is 0 Å². The number of carbonyl (C=O) groups excluding carboxylic acids is 1. The molecule has 6 heteroatoms. The van der Waals surface area contributed by atoms with Gasteiger partial charge in [-0.15, -0.1) is 0 Å². The van der Waals surface area contributed by atoms with Crippen LogP contribution >= 0.6 is 0 Å². The van der Waals surface area contributed by atoms with E-state index in [-0.39, 0.29) is 19.1 Å². The zero-order valence-electron chi connectivity index (χ0n) is 8.32. The van der Waals surface area contributed by atoms with Crippen molar-refractivity contribution >= 4 is 23.3 Å². The van der Waals surface area contributed by atoms with Crippen molar-refractivity contribution in [3.63, 3.8) is 0 Å². The zero-order valence-corrected chi connectivity index (χ0v) is 8.32. The molecule has 3 N–H and O–H groups in total. The van der Waals surface area contributed by atoms with Crippen molar-refractivity contribution in [2.75, 3.05) is 23.8 Å². The fraction of sp³-hybridized carbons (Fsp3) is 0.200. The Morgan fingerprint density at radius 1 is 1.56 bits per heavy atom. The Hall–Kier alpha value is -2.24. The van der Waals surface area contributed by atoms with Crippen LogP contribution in [0.1, 0.15) is 0 Å². The third-order valence-electron chi connectivity index (χ3n) is 2.06. The topological polar surface area (TPSA) is 87.7 Å². The van der Waals surface area contributed by atoms with Crippen LogP contribution in [-0.4, -0.2) is 30.1 Å². The maximum Gasteiger partial charge on any atom is 0.322 e. The number of rotatable bonds is 3. The second-order valence-corrected chi connectivity index (χ2v) is 3.30. The van der Waals surface area contributed by atoms with Gasteiger partial charge in [-0.25, -0.2) is 0 Å². The molecule has 0 saturated heterocycles. The van der Waals surface area contributed by atoms with Crippen molar-refractivity contribution in [1.82, 2.24) is 0 Å². The second-order valence-electron chi connectivity index (χ2n) is 3.30. The average Bonchev–Trinajstić information content (AvgIpc) is 2.25. The summed E-state index contributed by atoms with van der Waals surface area (Å²) in [5.41, 5.74) is 1.17. The Kier molecular flexibility index (Phi) is 2.63. The lowest BCUT2D eigenvalue weighted by Crippen LogP contribution is -2.25. The first kappa shape index (κ1) is 10.3. The lowest BCUT2D eigenvalue weighted by Gasteiger charge is -2.18. The number of anilines is 2. The fourth-order valence-corrected chi connectivity index (χ4v) is 1.37. The highest BCUT2D eigenvalue weighted by atomic mass is 16.5. The molecule has 0 saturated carbocycles. The average molecular weight is 222 g/mol. The van der Waals surface area contributed by atoms with Gasteiger partial charge in [-0.05, 0) is 18.2 Å². The summed E-state index contributed by atoms with van der Waals surface area (Å²) in [6.07, 6.45) is 0. The van der Waals surface area contributed by atoms with Crippen LogP contribution < -0.4 is 15.4 Å². The zero-order chi connectivity index (χ0) is 11.5. The van der Waals surface area contributed by atoms with Crippen LogP contribution in [0.5, 0.6) is 5.75 Å². The molecule has 0 aliphatic carbocycles. The van der Waals surface area contributed by atoms with Crippen molar-refractivity contribution in [3.8, 4) is 5.75 Å². The molecule has 0 unspecified atom stereocenters. The number of carboxylic acid groups (broad SMARTS) is 1. The maximum atomic E-state index is 11.1. The summed E-state index contributed by atoms with van der Waals surface area (Å²) in [6.45, 7) is -0.164. The van der Waals surface area contributed by atoms with Crippen molar-refractivity contribution in [1.29, 1.82) is 0 Å². The van der Waals surface area contributed by atoms with Crippen LogP contribution in [0.25, 0.3) is 0 Å². The Labute approximate surface area is 91.2 Å². The first-order chi connectivity index (χ1) is 7.65. The minimum absolute atomic E-state index is 0.00883. The van der Waals surface area contributed by atoms with Crippen LogP contribution in [0.4, 0.5) is 11.4 Å². The Morgan fingerprint density at radius 2 is 2.38 bits per heavy atom. The number of carbonyl (C=O) groups is 2. The van der Waals surface area contributed by atoms with E-state index in [9.17, 15) is 9.59 Å². The predicted octanol–water partition coefficient (Wildman–Crippen LogP) is 0.514. The van der Waals surface area contributed by atoms with E-state index in [1.807, 2.05) is 0 Å². The van der Waals surface area contributed by atoms with Gasteiger partial charge < -0.3 is 20.5 Å². The molecule has 0 aromatic heterocycles. The van der Waals surface area contributed by atoms with Gasteiger partial charge in [0.25, 0.3) is 5.91 Å². The molecule has 0 bridgehead atoms. The molecule has 84 valence electrons. The van der Waals surface area contributed by atoms with Crippen LogP contribution in [0.15, 0.2) is 18.2 Å². The molecule has 6 nitrogen and oxygen atoms in total. The summed E-state index contributed by atoms with van der Waals surface area (Å²) in [4.78, 5) is 21.4. The molecule has 1 aliphatic rings. The summed E-state index contributed by atoms with van der Waals surface area (Å²) in [5.74, 6) is -0.582. The lowest BCUT2D eigenvalue weighted by atomic mass is 10.2. The summed E-state index contributed by atoms with van der Waals surface area (Å²) < 4.78 is 5.16. The SMILES string of the molecule is O=C(O)CNc1ccc2c(c1)NC(=O)CO2. The van der Waals surface area contributed by atoms with Crippen molar-refractivity contribution < 1.29 is 19.4 Å². The number of ether oxygens (including phenoxy) is 1.